The zero-order valence-corrected chi connectivity index (χ0v) is 18.4. The molecule has 3 rings (SSSR count). The summed E-state index contributed by atoms with van der Waals surface area (Å²) in [7, 11) is 0. The third kappa shape index (κ3) is 6.18. The first-order valence-corrected chi connectivity index (χ1v) is 11.1. The highest BCUT2D eigenvalue weighted by Gasteiger charge is 2.15. The average molecular weight is 438 g/mol. The highest BCUT2D eigenvalue weighted by molar-refractivity contribution is 5.90. The van der Waals surface area contributed by atoms with Crippen molar-refractivity contribution < 1.29 is 15.0 Å². The van der Waals surface area contributed by atoms with Gasteiger partial charge in [-0.2, -0.15) is 0 Å². The molecule has 0 spiro atoms. The third-order valence-corrected chi connectivity index (χ3v) is 5.49. The van der Waals surface area contributed by atoms with Gasteiger partial charge in [0, 0.05) is 23.6 Å². The average Bonchev–Trinajstić information content (AvgIpc) is 2.80. The van der Waals surface area contributed by atoms with E-state index in [0.29, 0.717) is 23.9 Å². The number of aromatic hydroxyl groups is 1. The Morgan fingerprint density at radius 2 is 1.84 bits per heavy atom. The van der Waals surface area contributed by atoms with Gasteiger partial charge in [0.15, 0.2) is 0 Å². The number of aryl methyl sites for hydroxylation is 1. The number of unbranched alkanes of at least 4 members (excludes halogenated alkanes) is 1. The summed E-state index contributed by atoms with van der Waals surface area (Å²) >= 11 is 0. The quantitative estimate of drug-likeness (QED) is 0.294. The fraction of sp³-hybridized carbons (Fsp3) is 0.360. The SMILES string of the molecule is CCCCC(=O)Nc1ccc(CCCNC(CO)c2ccc(O)c3[nH]c(=O)ccc23)cc1. The van der Waals surface area contributed by atoms with Crippen molar-refractivity contribution in [3.63, 3.8) is 0 Å². The molecule has 5 N–H and O–H groups in total. The van der Waals surface area contributed by atoms with Crippen LogP contribution in [0, 0.1) is 0 Å². The van der Waals surface area contributed by atoms with Crippen molar-refractivity contribution in [2.24, 2.45) is 0 Å². The van der Waals surface area contributed by atoms with Crippen molar-refractivity contribution in [2.45, 2.75) is 45.1 Å². The van der Waals surface area contributed by atoms with E-state index in [4.69, 9.17) is 0 Å². The molecule has 7 nitrogen and oxygen atoms in total. The number of hydrogen-bond acceptors (Lipinski definition) is 5. The van der Waals surface area contributed by atoms with Gasteiger partial charge in [0.25, 0.3) is 0 Å². The number of anilines is 1. The van der Waals surface area contributed by atoms with Gasteiger partial charge < -0.3 is 25.8 Å². The van der Waals surface area contributed by atoms with Crippen LogP contribution < -0.4 is 16.2 Å². The van der Waals surface area contributed by atoms with Crippen LogP contribution >= 0.6 is 0 Å². The Kier molecular flexibility index (Phi) is 8.41. The second kappa shape index (κ2) is 11.5. The van der Waals surface area contributed by atoms with Crippen LogP contribution in [0.15, 0.2) is 53.3 Å². The maximum atomic E-state index is 11.8. The van der Waals surface area contributed by atoms with E-state index in [1.165, 1.54) is 17.7 Å². The van der Waals surface area contributed by atoms with Crippen LogP contribution in [0.5, 0.6) is 5.75 Å². The molecule has 0 saturated carbocycles. The van der Waals surface area contributed by atoms with E-state index in [2.05, 4.69) is 22.5 Å². The predicted molar refractivity (Wildman–Crippen MR) is 127 cm³/mol. The highest BCUT2D eigenvalue weighted by Crippen LogP contribution is 2.28. The van der Waals surface area contributed by atoms with Gasteiger partial charge in [-0.1, -0.05) is 31.5 Å². The van der Waals surface area contributed by atoms with E-state index in [-0.39, 0.29) is 29.9 Å². The van der Waals surface area contributed by atoms with Gasteiger partial charge in [-0.05, 0) is 61.2 Å². The summed E-state index contributed by atoms with van der Waals surface area (Å²) in [5, 5.41) is 26.9. The van der Waals surface area contributed by atoms with Crippen molar-refractivity contribution in [2.75, 3.05) is 18.5 Å². The number of pyridine rings is 1. The maximum Gasteiger partial charge on any atom is 0.248 e. The smallest absolute Gasteiger partial charge is 0.248 e. The number of H-pyrrole nitrogens is 1. The van der Waals surface area contributed by atoms with Crippen LogP contribution in [0.2, 0.25) is 0 Å². The van der Waals surface area contributed by atoms with Gasteiger partial charge in [-0.3, -0.25) is 9.59 Å². The minimum Gasteiger partial charge on any atom is -0.506 e. The van der Waals surface area contributed by atoms with Crippen LogP contribution in [0.1, 0.15) is 49.8 Å². The van der Waals surface area contributed by atoms with E-state index < -0.39 is 0 Å². The maximum absolute atomic E-state index is 11.8. The second-order valence-electron chi connectivity index (χ2n) is 7.93. The topological polar surface area (TPSA) is 114 Å². The zero-order valence-electron chi connectivity index (χ0n) is 18.4. The number of phenolic OH excluding ortho intramolecular Hbond substituents is 1. The number of phenols is 1. The van der Waals surface area contributed by atoms with E-state index >= 15 is 0 Å². The minimum absolute atomic E-state index is 0.00291. The van der Waals surface area contributed by atoms with Gasteiger partial charge >= 0.3 is 0 Å². The summed E-state index contributed by atoms with van der Waals surface area (Å²) in [6, 6.07) is 13.9. The van der Waals surface area contributed by atoms with Crippen LogP contribution in [0.3, 0.4) is 0 Å². The molecule has 1 unspecified atom stereocenters. The number of carbonyl (C=O) groups is 1. The number of aromatic amines is 1. The summed E-state index contributed by atoms with van der Waals surface area (Å²) in [4.78, 5) is 26.1. The Hall–Kier alpha value is -3.16. The number of fused-ring (bicyclic) bond motifs is 1. The molecule has 3 aromatic rings. The fourth-order valence-corrected chi connectivity index (χ4v) is 3.72. The van der Waals surface area contributed by atoms with E-state index in [9.17, 15) is 19.8 Å². The molecule has 2 aromatic carbocycles. The van der Waals surface area contributed by atoms with Crippen molar-refractivity contribution in [3.05, 3.63) is 70.0 Å². The molecule has 32 heavy (non-hydrogen) atoms. The van der Waals surface area contributed by atoms with Crippen LogP contribution in [0.4, 0.5) is 5.69 Å². The molecule has 0 aliphatic rings. The number of carbonyl (C=O) groups excluding carboxylic acids is 1. The predicted octanol–water partition coefficient (Wildman–Crippen LogP) is 3.62. The van der Waals surface area contributed by atoms with Crippen molar-refractivity contribution >= 4 is 22.5 Å². The standard InChI is InChI=1S/C25H31N3O4/c1-2-3-6-23(31)27-18-9-7-17(8-10-18)5-4-15-26-21(16-29)19-11-13-22(30)25-20(19)12-14-24(32)28-25/h7-14,21,26,29-30H,2-6,15-16H2,1H3,(H,27,31)(H,28,32). The molecule has 0 aliphatic heterocycles. The number of nitrogens with one attached hydrogen (secondary N) is 3. The molecule has 0 saturated heterocycles. The highest BCUT2D eigenvalue weighted by atomic mass is 16.3. The molecular formula is C25H31N3O4. The first-order chi connectivity index (χ1) is 15.5. The van der Waals surface area contributed by atoms with Gasteiger partial charge in [0.2, 0.25) is 11.5 Å². The van der Waals surface area contributed by atoms with E-state index in [1.807, 2.05) is 24.3 Å². The number of hydrogen-bond donors (Lipinski definition) is 5. The molecular weight excluding hydrogens is 406 g/mol. The molecule has 1 atom stereocenters. The minimum atomic E-state index is -0.315. The number of amides is 1. The fourth-order valence-electron chi connectivity index (χ4n) is 3.72. The molecule has 170 valence electrons. The first kappa shape index (κ1) is 23.5. The summed E-state index contributed by atoms with van der Waals surface area (Å²) in [5.41, 5.74) is 2.89. The van der Waals surface area contributed by atoms with Crippen LogP contribution in [0.25, 0.3) is 10.9 Å². The van der Waals surface area contributed by atoms with Gasteiger partial charge in [0.1, 0.15) is 5.75 Å². The number of aromatic nitrogens is 1. The Bertz CT molecular complexity index is 1090. The largest absolute Gasteiger partial charge is 0.506 e. The van der Waals surface area contributed by atoms with Gasteiger partial charge in [0.05, 0.1) is 18.2 Å². The molecule has 1 amide bonds. The Morgan fingerprint density at radius 1 is 1.06 bits per heavy atom. The number of rotatable bonds is 11. The molecule has 1 aromatic heterocycles. The Morgan fingerprint density at radius 3 is 2.56 bits per heavy atom. The number of aliphatic hydroxyl groups excluding tert-OH is 1. The summed E-state index contributed by atoms with van der Waals surface area (Å²) in [6.07, 6.45) is 4.16. The van der Waals surface area contributed by atoms with Crippen molar-refractivity contribution in [1.82, 2.24) is 10.3 Å². The Balaban J connectivity index is 1.54. The monoisotopic (exact) mass is 437 g/mol. The lowest BCUT2D eigenvalue weighted by molar-refractivity contribution is -0.116. The summed E-state index contributed by atoms with van der Waals surface area (Å²) < 4.78 is 0. The number of benzene rings is 2. The second-order valence-corrected chi connectivity index (χ2v) is 7.93. The lowest BCUT2D eigenvalue weighted by Crippen LogP contribution is -2.26. The lowest BCUT2D eigenvalue weighted by Gasteiger charge is -2.19. The molecule has 0 bridgehead atoms. The Labute approximate surface area is 187 Å². The third-order valence-electron chi connectivity index (χ3n) is 5.49. The lowest BCUT2D eigenvalue weighted by atomic mass is 10.0. The summed E-state index contributed by atoms with van der Waals surface area (Å²) in [6.45, 7) is 2.65. The van der Waals surface area contributed by atoms with E-state index in [1.54, 1.807) is 12.1 Å². The van der Waals surface area contributed by atoms with Crippen molar-refractivity contribution in [3.8, 4) is 5.75 Å². The van der Waals surface area contributed by atoms with Gasteiger partial charge in [-0.25, -0.2) is 0 Å². The van der Waals surface area contributed by atoms with E-state index in [0.717, 1.165) is 36.9 Å². The number of aliphatic hydroxyl groups is 1. The molecule has 7 heteroatoms. The van der Waals surface area contributed by atoms with Gasteiger partial charge in [-0.15, -0.1) is 0 Å². The zero-order chi connectivity index (χ0) is 22.9. The molecule has 0 fully saturated rings. The molecule has 1 heterocycles. The van der Waals surface area contributed by atoms with Crippen LogP contribution in [-0.4, -0.2) is 34.3 Å². The normalized spacial score (nSPS) is 12.1. The molecule has 0 radical (unpaired) electrons. The van der Waals surface area contributed by atoms with Crippen LogP contribution in [-0.2, 0) is 11.2 Å². The molecule has 0 aliphatic carbocycles. The summed E-state index contributed by atoms with van der Waals surface area (Å²) in [5.74, 6) is 0.0489. The van der Waals surface area contributed by atoms with Crippen molar-refractivity contribution in [1.29, 1.82) is 0 Å². The first-order valence-electron chi connectivity index (χ1n) is 11.1.